The molecule has 0 atom stereocenters. The highest BCUT2D eigenvalue weighted by atomic mass is 28.1. The lowest BCUT2D eigenvalue weighted by atomic mass is 10.1. The summed E-state index contributed by atoms with van der Waals surface area (Å²) in [6.07, 6.45) is -1.58. The van der Waals surface area contributed by atoms with E-state index in [4.69, 9.17) is 0 Å². The van der Waals surface area contributed by atoms with Gasteiger partial charge in [-0.3, -0.25) is 0 Å². The van der Waals surface area contributed by atoms with Gasteiger partial charge in [-0.25, -0.2) is 0 Å². The van der Waals surface area contributed by atoms with Gasteiger partial charge < -0.3 is 0 Å². The third-order valence-corrected chi connectivity index (χ3v) is 1.82. The van der Waals surface area contributed by atoms with E-state index < -0.39 is 6.18 Å². The van der Waals surface area contributed by atoms with E-state index in [2.05, 4.69) is 6.58 Å². The molecular formula is C8H13F3Si. The Kier molecular flexibility index (Phi) is 4.97. The number of hydrogen-bond acceptors (Lipinski definition) is 0. The Balaban J connectivity index is 3.68. The van der Waals surface area contributed by atoms with Gasteiger partial charge in [-0.15, -0.1) is 0 Å². The van der Waals surface area contributed by atoms with Crippen molar-refractivity contribution in [3.63, 3.8) is 0 Å². The van der Waals surface area contributed by atoms with E-state index in [1.165, 1.54) is 0 Å². The number of hydrogen-bond donors (Lipinski definition) is 0. The highest BCUT2D eigenvalue weighted by Gasteiger charge is 2.21. The highest BCUT2D eigenvalue weighted by Crippen LogP contribution is 2.17. The SMILES string of the molecule is C=C(CC=CC(F)(F)F)CC[SiH3]. The van der Waals surface area contributed by atoms with E-state index in [0.29, 0.717) is 6.42 Å². The lowest BCUT2D eigenvalue weighted by Gasteiger charge is -1.99. The summed E-state index contributed by atoms with van der Waals surface area (Å²) in [5.41, 5.74) is 0.880. The minimum atomic E-state index is -4.18. The molecule has 12 heavy (non-hydrogen) atoms. The van der Waals surface area contributed by atoms with Crippen molar-refractivity contribution in [2.24, 2.45) is 0 Å². The molecule has 0 radical (unpaired) electrons. The largest absolute Gasteiger partial charge is 0.409 e. The van der Waals surface area contributed by atoms with Gasteiger partial charge in [0.2, 0.25) is 0 Å². The van der Waals surface area contributed by atoms with E-state index in [1.807, 2.05) is 0 Å². The number of halogens is 3. The summed E-state index contributed by atoms with van der Waals surface area (Å²) >= 11 is 0. The summed E-state index contributed by atoms with van der Waals surface area (Å²) in [4.78, 5) is 0. The first-order valence-electron chi connectivity index (χ1n) is 3.86. The molecule has 0 aromatic rings. The lowest BCUT2D eigenvalue weighted by Crippen LogP contribution is -2.00. The van der Waals surface area contributed by atoms with Crippen molar-refractivity contribution in [1.82, 2.24) is 0 Å². The van der Waals surface area contributed by atoms with Crippen LogP contribution in [0.3, 0.4) is 0 Å². The van der Waals surface area contributed by atoms with Gasteiger partial charge in [-0.2, -0.15) is 13.2 Å². The topological polar surface area (TPSA) is 0 Å². The van der Waals surface area contributed by atoms with E-state index in [9.17, 15) is 13.2 Å². The van der Waals surface area contributed by atoms with Crippen LogP contribution in [-0.2, 0) is 0 Å². The minimum absolute atomic E-state index is 0.269. The zero-order valence-electron chi connectivity index (χ0n) is 7.12. The smallest absolute Gasteiger partial charge is 0.167 e. The number of rotatable bonds is 4. The van der Waals surface area contributed by atoms with Crippen molar-refractivity contribution < 1.29 is 13.2 Å². The standard InChI is InChI=1S/C8H13F3Si/c1-7(4-6-12)3-2-5-8(9,10)11/h2,5H,1,3-4,6H2,12H3. The monoisotopic (exact) mass is 194 g/mol. The fourth-order valence-electron chi connectivity index (χ4n) is 0.815. The Hall–Kier alpha value is -0.513. The van der Waals surface area contributed by atoms with Gasteiger partial charge in [0.1, 0.15) is 0 Å². The predicted octanol–water partition coefficient (Wildman–Crippen LogP) is 2.23. The molecule has 0 saturated heterocycles. The molecule has 0 aliphatic heterocycles. The summed E-state index contributed by atoms with van der Waals surface area (Å²) < 4.78 is 34.7. The molecule has 0 fully saturated rings. The van der Waals surface area contributed by atoms with E-state index in [1.54, 1.807) is 0 Å². The molecule has 0 unspecified atom stereocenters. The van der Waals surface area contributed by atoms with Gasteiger partial charge in [0, 0.05) is 16.3 Å². The van der Waals surface area contributed by atoms with Crippen LogP contribution in [0, 0.1) is 0 Å². The van der Waals surface area contributed by atoms with Gasteiger partial charge in [0.25, 0.3) is 0 Å². The maximum atomic E-state index is 11.6. The van der Waals surface area contributed by atoms with Crippen LogP contribution in [-0.4, -0.2) is 16.4 Å². The summed E-state index contributed by atoms with van der Waals surface area (Å²) in [5.74, 6) is 0. The minimum Gasteiger partial charge on any atom is -0.167 e. The molecule has 0 N–H and O–H groups in total. The Bertz CT molecular complexity index is 170. The van der Waals surface area contributed by atoms with E-state index in [-0.39, 0.29) is 6.08 Å². The van der Waals surface area contributed by atoms with Crippen LogP contribution in [0.4, 0.5) is 13.2 Å². The number of allylic oxidation sites excluding steroid dienone is 3. The molecular weight excluding hydrogens is 181 g/mol. The summed E-state index contributed by atoms with van der Waals surface area (Å²) in [6.45, 7) is 3.67. The van der Waals surface area contributed by atoms with Crippen LogP contribution >= 0.6 is 0 Å². The summed E-state index contributed by atoms with van der Waals surface area (Å²) in [5, 5.41) is 0. The van der Waals surface area contributed by atoms with E-state index in [0.717, 1.165) is 34.4 Å². The zero-order chi connectivity index (χ0) is 9.61. The second kappa shape index (κ2) is 5.19. The molecule has 70 valence electrons. The van der Waals surface area contributed by atoms with Crippen molar-refractivity contribution in [1.29, 1.82) is 0 Å². The second-order valence-corrected chi connectivity index (χ2v) is 3.65. The van der Waals surface area contributed by atoms with Gasteiger partial charge in [-0.05, 0) is 12.8 Å². The Morgan fingerprint density at radius 3 is 2.42 bits per heavy atom. The van der Waals surface area contributed by atoms with E-state index >= 15 is 0 Å². The first-order valence-corrected chi connectivity index (χ1v) is 5.28. The summed E-state index contributed by atoms with van der Waals surface area (Å²) in [7, 11) is 1.08. The summed E-state index contributed by atoms with van der Waals surface area (Å²) in [6, 6.07) is 1.07. The number of alkyl halides is 3. The van der Waals surface area contributed by atoms with Gasteiger partial charge in [-0.1, -0.05) is 24.3 Å². The maximum absolute atomic E-state index is 11.6. The molecule has 0 aliphatic carbocycles. The third kappa shape index (κ3) is 7.59. The third-order valence-electron chi connectivity index (χ3n) is 1.32. The van der Waals surface area contributed by atoms with Crippen LogP contribution < -0.4 is 0 Å². The normalized spacial score (nSPS) is 12.6. The molecule has 0 bridgehead atoms. The van der Waals surface area contributed by atoms with Crippen LogP contribution in [0.5, 0.6) is 0 Å². The zero-order valence-corrected chi connectivity index (χ0v) is 9.12. The van der Waals surface area contributed by atoms with Crippen molar-refractivity contribution in [2.45, 2.75) is 25.1 Å². The first kappa shape index (κ1) is 11.5. The molecule has 0 heterocycles. The van der Waals surface area contributed by atoms with Crippen molar-refractivity contribution >= 4 is 10.2 Å². The lowest BCUT2D eigenvalue weighted by molar-refractivity contribution is -0.0800. The molecule has 0 rings (SSSR count). The molecule has 0 amide bonds. The fraction of sp³-hybridized carbons (Fsp3) is 0.500. The Morgan fingerprint density at radius 2 is 2.00 bits per heavy atom. The second-order valence-electron chi connectivity index (χ2n) is 2.65. The van der Waals surface area contributed by atoms with Crippen LogP contribution in [0.1, 0.15) is 12.8 Å². The van der Waals surface area contributed by atoms with Crippen molar-refractivity contribution in [3.8, 4) is 0 Å². The molecule has 0 spiro atoms. The Morgan fingerprint density at radius 1 is 1.42 bits per heavy atom. The van der Waals surface area contributed by atoms with Gasteiger partial charge in [0.15, 0.2) is 0 Å². The average molecular weight is 194 g/mol. The maximum Gasteiger partial charge on any atom is 0.409 e. The first-order chi connectivity index (χ1) is 5.45. The Labute approximate surface area is 73.6 Å². The highest BCUT2D eigenvalue weighted by molar-refractivity contribution is 6.08. The van der Waals surface area contributed by atoms with Crippen molar-refractivity contribution in [3.05, 3.63) is 24.3 Å². The quantitative estimate of drug-likeness (QED) is 0.475. The average Bonchev–Trinajstić information content (AvgIpc) is 1.84. The van der Waals surface area contributed by atoms with Crippen LogP contribution in [0.15, 0.2) is 24.3 Å². The molecule has 0 aromatic carbocycles. The fourth-order valence-corrected chi connectivity index (χ4v) is 1.52. The molecule has 4 heteroatoms. The van der Waals surface area contributed by atoms with Gasteiger partial charge in [0.05, 0.1) is 0 Å². The molecule has 0 saturated carbocycles. The predicted molar refractivity (Wildman–Crippen MR) is 48.3 cm³/mol. The molecule has 0 nitrogen and oxygen atoms in total. The van der Waals surface area contributed by atoms with Gasteiger partial charge >= 0.3 is 6.18 Å². The molecule has 0 aliphatic rings. The van der Waals surface area contributed by atoms with Crippen molar-refractivity contribution in [2.75, 3.05) is 0 Å². The van der Waals surface area contributed by atoms with Crippen LogP contribution in [0.2, 0.25) is 6.04 Å². The molecule has 0 aromatic heterocycles. The van der Waals surface area contributed by atoms with Crippen LogP contribution in [0.25, 0.3) is 0 Å².